The average Bonchev–Trinajstić information content (AvgIpc) is 2.21. The number of carboxylic acids is 1. The Labute approximate surface area is 102 Å². The summed E-state index contributed by atoms with van der Waals surface area (Å²) in [6.45, 7) is 1.93. The van der Waals surface area contributed by atoms with Crippen LogP contribution in [0.1, 0.15) is 23.7 Å². The minimum Gasteiger partial charge on any atom is -0.478 e. The van der Waals surface area contributed by atoms with E-state index in [0.717, 1.165) is 0 Å². The molecule has 16 heavy (non-hydrogen) atoms. The van der Waals surface area contributed by atoms with E-state index >= 15 is 0 Å². The summed E-state index contributed by atoms with van der Waals surface area (Å²) in [7, 11) is 0. The van der Waals surface area contributed by atoms with E-state index in [4.69, 9.17) is 11.5 Å². The minimum absolute atomic E-state index is 0.0875. The van der Waals surface area contributed by atoms with Gasteiger partial charge in [-0.2, -0.15) is 0 Å². The summed E-state index contributed by atoms with van der Waals surface area (Å²) >= 11 is 3.26. The predicted octanol–water partition coefficient (Wildman–Crippen LogP) is 2.37. The van der Waals surface area contributed by atoms with Crippen LogP contribution in [0, 0.1) is 12.3 Å². The van der Waals surface area contributed by atoms with Crippen LogP contribution in [0.4, 0.5) is 5.82 Å². The van der Waals surface area contributed by atoms with Crippen LogP contribution < -0.4 is 5.32 Å². The molecule has 1 atom stereocenters. The highest BCUT2D eigenvalue weighted by atomic mass is 79.9. The van der Waals surface area contributed by atoms with Crippen LogP contribution in [0.2, 0.25) is 0 Å². The van der Waals surface area contributed by atoms with E-state index in [2.05, 4.69) is 32.2 Å². The first-order chi connectivity index (χ1) is 7.54. The first kappa shape index (κ1) is 12.5. The molecule has 1 aromatic rings. The Morgan fingerprint density at radius 2 is 2.50 bits per heavy atom. The molecule has 0 radical (unpaired) electrons. The van der Waals surface area contributed by atoms with Gasteiger partial charge in [0.2, 0.25) is 0 Å². The molecular weight excluding hydrogens is 272 g/mol. The SMILES string of the molecule is C#CCC(C)Nc1ncc(C(=O)O)cc1Br. The van der Waals surface area contributed by atoms with Gasteiger partial charge in [-0.3, -0.25) is 0 Å². The first-order valence-corrected chi connectivity index (χ1v) is 5.42. The van der Waals surface area contributed by atoms with Crippen molar-refractivity contribution in [2.24, 2.45) is 0 Å². The van der Waals surface area contributed by atoms with Crippen molar-refractivity contribution < 1.29 is 9.90 Å². The normalized spacial score (nSPS) is 11.6. The maximum Gasteiger partial charge on any atom is 0.337 e. The molecule has 0 bridgehead atoms. The Balaban J connectivity index is 2.84. The number of carboxylic acid groups (broad SMARTS) is 1. The van der Waals surface area contributed by atoms with Crippen molar-refractivity contribution in [3.8, 4) is 12.3 Å². The number of hydrogen-bond donors (Lipinski definition) is 2. The fourth-order valence-electron chi connectivity index (χ4n) is 1.12. The molecule has 84 valence electrons. The Hall–Kier alpha value is -1.54. The Morgan fingerprint density at radius 1 is 1.81 bits per heavy atom. The van der Waals surface area contributed by atoms with Crippen LogP contribution in [0.5, 0.6) is 0 Å². The number of carbonyl (C=O) groups is 1. The molecular formula is C11H11BrN2O2. The quantitative estimate of drug-likeness (QED) is 0.833. The van der Waals surface area contributed by atoms with Crippen LogP contribution in [0.3, 0.4) is 0 Å². The summed E-state index contributed by atoms with van der Waals surface area (Å²) in [5.41, 5.74) is 0.141. The van der Waals surface area contributed by atoms with Crippen molar-refractivity contribution in [2.45, 2.75) is 19.4 Å². The van der Waals surface area contributed by atoms with Crippen molar-refractivity contribution in [3.63, 3.8) is 0 Å². The van der Waals surface area contributed by atoms with Crippen LogP contribution in [-0.2, 0) is 0 Å². The lowest BCUT2D eigenvalue weighted by Gasteiger charge is -2.13. The summed E-state index contributed by atoms with van der Waals surface area (Å²) in [4.78, 5) is 14.7. The zero-order valence-electron chi connectivity index (χ0n) is 8.70. The number of aromatic nitrogens is 1. The molecule has 4 nitrogen and oxygen atoms in total. The van der Waals surface area contributed by atoms with Gasteiger partial charge in [-0.1, -0.05) is 0 Å². The number of aromatic carboxylic acids is 1. The highest BCUT2D eigenvalue weighted by Gasteiger charge is 2.09. The van der Waals surface area contributed by atoms with Gasteiger partial charge in [0, 0.05) is 18.7 Å². The molecule has 0 saturated carbocycles. The third-order valence-corrected chi connectivity index (χ3v) is 2.50. The fourth-order valence-corrected chi connectivity index (χ4v) is 1.59. The van der Waals surface area contributed by atoms with Crippen molar-refractivity contribution in [1.82, 2.24) is 4.98 Å². The lowest BCUT2D eigenvalue weighted by atomic mass is 10.2. The molecule has 0 saturated heterocycles. The largest absolute Gasteiger partial charge is 0.478 e. The van der Waals surface area contributed by atoms with Gasteiger partial charge in [0.25, 0.3) is 0 Å². The second-order valence-electron chi connectivity index (χ2n) is 3.31. The molecule has 5 heteroatoms. The molecule has 2 N–H and O–H groups in total. The minimum atomic E-state index is -1.00. The molecule has 0 aliphatic heterocycles. The molecule has 1 heterocycles. The van der Waals surface area contributed by atoms with Gasteiger partial charge in [-0.05, 0) is 28.9 Å². The zero-order valence-corrected chi connectivity index (χ0v) is 10.3. The van der Waals surface area contributed by atoms with E-state index in [-0.39, 0.29) is 11.6 Å². The summed E-state index contributed by atoms with van der Waals surface area (Å²) < 4.78 is 0.608. The maximum absolute atomic E-state index is 10.7. The van der Waals surface area contributed by atoms with Crippen LogP contribution >= 0.6 is 15.9 Å². The summed E-state index contributed by atoms with van der Waals surface area (Å²) in [6.07, 6.45) is 7.07. The van der Waals surface area contributed by atoms with Gasteiger partial charge in [0.1, 0.15) is 5.82 Å². The Bertz CT molecular complexity index is 440. The molecule has 1 aromatic heterocycles. The van der Waals surface area contributed by atoms with Gasteiger partial charge < -0.3 is 10.4 Å². The van der Waals surface area contributed by atoms with Crippen LogP contribution in [-0.4, -0.2) is 22.1 Å². The molecule has 0 fully saturated rings. The molecule has 1 rings (SSSR count). The number of pyridine rings is 1. The van der Waals surface area contributed by atoms with Gasteiger partial charge in [0.15, 0.2) is 0 Å². The molecule has 1 unspecified atom stereocenters. The fraction of sp³-hybridized carbons (Fsp3) is 0.273. The van der Waals surface area contributed by atoms with E-state index in [1.54, 1.807) is 0 Å². The predicted molar refractivity (Wildman–Crippen MR) is 65.4 cm³/mol. The Morgan fingerprint density at radius 3 is 3.00 bits per heavy atom. The van der Waals surface area contributed by atoms with E-state index in [1.807, 2.05) is 6.92 Å². The second-order valence-corrected chi connectivity index (χ2v) is 4.17. The standard InChI is InChI=1S/C11H11BrN2O2/c1-3-4-7(2)14-10-9(12)5-8(6-13-10)11(15)16/h1,5-7H,4H2,2H3,(H,13,14)(H,15,16). The number of terminal acetylenes is 1. The number of nitrogens with one attached hydrogen (secondary N) is 1. The van der Waals surface area contributed by atoms with E-state index < -0.39 is 5.97 Å². The van der Waals surface area contributed by atoms with Gasteiger partial charge >= 0.3 is 5.97 Å². The third kappa shape index (κ3) is 3.24. The summed E-state index contributed by atoms with van der Waals surface area (Å²) in [6, 6.07) is 1.59. The van der Waals surface area contributed by atoms with Crippen molar-refractivity contribution in [3.05, 3.63) is 22.3 Å². The summed E-state index contributed by atoms with van der Waals surface area (Å²) in [5, 5.41) is 11.8. The topological polar surface area (TPSA) is 62.2 Å². The number of halogens is 1. The van der Waals surface area contributed by atoms with Crippen molar-refractivity contribution >= 4 is 27.7 Å². The van der Waals surface area contributed by atoms with Crippen molar-refractivity contribution in [1.29, 1.82) is 0 Å². The molecule has 0 aliphatic carbocycles. The highest BCUT2D eigenvalue weighted by molar-refractivity contribution is 9.10. The highest BCUT2D eigenvalue weighted by Crippen LogP contribution is 2.21. The second kappa shape index (κ2) is 5.52. The maximum atomic E-state index is 10.7. The number of rotatable bonds is 4. The molecule has 0 spiro atoms. The van der Waals surface area contributed by atoms with Gasteiger partial charge in [-0.15, -0.1) is 12.3 Å². The van der Waals surface area contributed by atoms with E-state index in [0.29, 0.717) is 16.7 Å². The van der Waals surface area contributed by atoms with E-state index in [1.165, 1.54) is 12.3 Å². The number of hydrogen-bond acceptors (Lipinski definition) is 3. The lowest BCUT2D eigenvalue weighted by Crippen LogP contribution is -2.15. The van der Waals surface area contributed by atoms with E-state index in [9.17, 15) is 4.79 Å². The summed E-state index contributed by atoms with van der Waals surface area (Å²) in [5.74, 6) is 2.12. The molecule has 0 amide bonds. The Kier molecular flexibility index (Phi) is 4.32. The molecule has 0 aliphatic rings. The third-order valence-electron chi connectivity index (χ3n) is 1.90. The van der Waals surface area contributed by atoms with Gasteiger partial charge in [-0.25, -0.2) is 9.78 Å². The lowest BCUT2D eigenvalue weighted by molar-refractivity contribution is 0.0696. The number of nitrogens with zero attached hydrogens (tertiary/aromatic N) is 1. The smallest absolute Gasteiger partial charge is 0.337 e. The zero-order chi connectivity index (χ0) is 12.1. The average molecular weight is 283 g/mol. The van der Waals surface area contributed by atoms with Gasteiger partial charge in [0.05, 0.1) is 10.0 Å². The van der Waals surface area contributed by atoms with Crippen LogP contribution in [0.25, 0.3) is 0 Å². The molecule has 0 aromatic carbocycles. The first-order valence-electron chi connectivity index (χ1n) is 4.63. The van der Waals surface area contributed by atoms with Crippen LogP contribution in [0.15, 0.2) is 16.7 Å². The van der Waals surface area contributed by atoms with Crippen molar-refractivity contribution in [2.75, 3.05) is 5.32 Å². The number of anilines is 1. The monoisotopic (exact) mass is 282 g/mol.